The maximum absolute atomic E-state index is 12.5. The molecule has 140 valence electrons. The SMILES string of the molecule is Cc1ccccc1Cn1c(=O)[nH]c2cnc(-n3cnc4ccc(C#N)cc43)nc21. The van der Waals surface area contributed by atoms with Gasteiger partial charge in [-0.3, -0.25) is 9.13 Å². The molecule has 0 aliphatic rings. The highest BCUT2D eigenvalue weighted by Gasteiger charge is 2.14. The number of fused-ring (bicyclic) bond motifs is 2. The van der Waals surface area contributed by atoms with E-state index in [0.717, 1.165) is 22.2 Å². The number of hydrogen-bond donors (Lipinski definition) is 1. The fourth-order valence-corrected chi connectivity index (χ4v) is 3.39. The number of aromatic nitrogens is 6. The van der Waals surface area contributed by atoms with Crippen LogP contribution in [0.5, 0.6) is 0 Å². The molecule has 0 aliphatic carbocycles. The molecule has 0 aliphatic heterocycles. The van der Waals surface area contributed by atoms with Gasteiger partial charge < -0.3 is 4.98 Å². The van der Waals surface area contributed by atoms with Gasteiger partial charge in [-0.2, -0.15) is 10.2 Å². The van der Waals surface area contributed by atoms with E-state index in [4.69, 9.17) is 0 Å². The molecule has 0 saturated carbocycles. The van der Waals surface area contributed by atoms with E-state index < -0.39 is 0 Å². The summed E-state index contributed by atoms with van der Waals surface area (Å²) in [5.41, 5.74) is 4.98. The number of nitrogens with one attached hydrogen (secondary N) is 1. The summed E-state index contributed by atoms with van der Waals surface area (Å²) in [7, 11) is 0. The van der Waals surface area contributed by atoms with Gasteiger partial charge in [0.15, 0.2) is 5.65 Å². The summed E-state index contributed by atoms with van der Waals surface area (Å²) in [6.07, 6.45) is 3.21. The van der Waals surface area contributed by atoms with Gasteiger partial charge in [0.05, 0.1) is 35.4 Å². The fraction of sp³-hybridized carbons (Fsp3) is 0.0952. The maximum Gasteiger partial charge on any atom is 0.328 e. The standard InChI is InChI=1S/C21H15N7O/c1-13-4-2-3-5-15(13)11-27-19-17(25-21(27)29)10-23-20(26-19)28-12-24-16-7-6-14(9-22)8-18(16)28/h2-8,10,12H,11H2,1H3,(H,25,29). The molecule has 0 radical (unpaired) electrons. The van der Waals surface area contributed by atoms with Crippen LogP contribution in [0.3, 0.4) is 0 Å². The van der Waals surface area contributed by atoms with Crippen LogP contribution in [0.2, 0.25) is 0 Å². The number of aromatic amines is 1. The van der Waals surface area contributed by atoms with E-state index in [0.29, 0.717) is 29.2 Å². The zero-order valence-electron chi connectivity index (χ0n) is 15.5. The lowest BCUT2D eigenvalue weighted by Gasteiger charge is -2.07. The minimum atomic E-state index is -0.239. The van der Waals surface area contributed by atoms with Crippen LogP contribution in [0.4, 0.5) is 0 Å². The van der Waals surface area contributed by atoms with Crippen LogP contribution in [0.25, 0.3) is 28.1 Å². The number of nitrogens with zero attached hydrogens (tertiary/aromatic N) is 6. The van der Waals surface area contributed by atoms with Crippen molar-refractivity contribution in [3.8, 4) is 12.0 Å². The lowest BCUT2D eigenvalue weighted by molar-refractivity contribution is 0.770. The number of aryl methyl sites for hydroxylation is 1. The van der Waals surface area contributed by atoms with Crippen LogP contribution < -0.4 is 5.69 Å². The molecule has 0 spiro atoms. The van der Waals surface area contributed by atoms with Gasteiger partial charge in [-0.05, 0) is 36.2 Å². The molecule has 3 aromatic heterocycles. The Hall–Kier alpha value is -4.25. The van der Waals surface area contributed by atoms with Crippen molar-refractivity contribution < 1.29 is 0 Å². The molecule has 0 fully saturated rings. The second-order valence-corrected chi connectivity index (χ2v) is 6.78. The van der Waals surface area contributed by atoms with Gasteiger partial charge in [0.1, 0.15) is 11.8 Å². The smallest absolute Gasteiger partial charge is 0.303 e. The van der Waals surface area contributed by atoms with Gasteiger partial charge >= 0.3 is 5.69 Å². The predicted octanol–water partition coefficient (Wildman–Crippen LogP) is 2.69. The van der Waals surface area contributed by atoms with Gasteiger partial charge in [0.2, 0.25) is 5.95 Å². The van der Waals surface area contributed by atoms with Crippen molar-refractivity contribution in [2.45, 2.75) is 13.5 Å². The summed E-state index contributed by atoms with van der Waals surface area (Å²) in [5, 5.41) is 9.19. The van der Waals surface area contributed by atoms with Crippen molar-refractivity contribution in [3.05, 3.63) is 82.2 Å². The van der Waals surface area contributed by atoms with Crippen LogP contribution in [0, 0.1) is 18.3 Å². The second kappa shape index (κ2) is 6.42. The number of hydrogen-bond acceptors (Lipinski definition) is 5. The van der Waals surface area contributed by atoms with E-state index in [9.17, 15) is 10.1 Å². The number of H-pyrrole nitrogens is 1. The van der Waals surface area contributed by atoms with Crippen LogP contribution in [0.15, 0.2) is 59.8 Å². The average molecular weight is 381 g/mol. The van der Waals surface area contributed by atoms with E-state index in [1.165, 1.54) is 0 Å². The minimum absolute atomic E-state index is 0.239. The Morgan fingerprint density at radius 2 is 2.03 bits per heavy atom. The number of benzene rings is 2. The van der Waals surface area contributed by atoms with Crippen LogP contribution in [-0.2, 0) is 6.54 Å². The van der Waals surface area contributed by atoms with Crippen molar-refractivity contribution in [1.29, 1.82) is 5.26 Å². The largest absolute Gasteiger partial charge is 0.328 e. The zero-order valence-corrected chi connectivity index (χ0v) is 15.5. The maximum atomic E-state index is 12.5. The first kappa shape index (κ1) is 16.9. The van der Waals surface area contributed by atoms with Crippen molar-refractivity contribution in [2.75, 3.05) is 0 Å². The first-order valence-electron chi connectivity index (χ1n) is 9.02. The lowest BCUT2D eigenvalue weighted by atomic mass is 10.1. The number of imidazole rings is 2. The molecule has 0 atom stereocenters. The molecule has 5 aromatic rings. The molecule has 0 bridgehead atoms. The molecule has 3 heterocycles. The summed E-state index contributed by atoms with van der Waals surface area (Å²) in [6.45, 7) is 2.42. The highest BCUT2D eigenvalue weighted by molar-refractivity contribution is 5.79. The Bertz CT molecular complexity index is 1480. The zero-order chi connectivity index (χ0) is 20.0. The fourth-order valence-electron chi connectivity index (χ4n) is 3.39. The van der Waals surface area contributed by atoms with E-state index in [1.807, 2.05) is 31.2 Å². The molecule has 0 amide bonds. The summed E-state index contributed by atoms with van der Waals surface area (Å²) in [5.74, 6) is 0.382. The predicted molar refractivity (Wildman–Crippen MR) is 108 cm³/mol. The van der Waals surface area contributed by atoms with Crippen molar-refractivity contribution >= 4 is 22.2 Å². The molecule has 29 heavy (non-hydrogen) atoms. The normalized spacial score (nSPS) is 11.2. The Kier molecular flexibility index (Phi) is 3.74. The molecule has 2 aromatic carbocycles. The van der Waals surface area contributed by atoms with Crippen LogP contribution in [0.1, 0.15) is 16.7 Å². The summed E-state index contributed by atoms with van der Waals surface area (Å²) in [6, 6.07) is 15.3. The lowest BCUT2D eigenvalue weighted by Crippen LogP contribution is -2.18. The topological polar surface area (TPSA) is 105 Å². The quantitative estimate of drug-likeness (QED) is 0.517. The first-order chi connectivity index (χ1) is 14.1. The highest BCUT2D eigenvalue weighted by atomic mass is 16.1. The summed E-state index contributed by atoms with van der Waals surface area (Å²) >= 11 is 0. The molecule has 0 unspecified atom stereocenters. The average Bonchev–Trinajstić information content (AvgIpc) is 3.29. The van der Waals surface area contributed by atoms with E-state index >= 15 is 0 Å². The molecule has 0 saturated heterocycles. The van der Waals surface area contributed by atoms with Gasteiger partial charge in [-0.25, -0.2) is 14.8 Å². The van der Waals surface area contributed by atoms with Gasteiger partial charge in [0.25, 0.3) is 0 Å². The van der Waals surface area contributed by atoms with Gasteiger partial charge in [-0.15, -0.1) is 0 Å². The third-order valence-electron chi connectivity index (χ3n) is 4.98. The van der Waals surface area contributed by atoms with Gasteiger partial charge in [-0.1, -0.05) is 24.3 Å². The Balaban J connectivity index is 1.67. The molecule has 8 nitrogen and oxygen atoms in total. The first-order valence-corrected chi connectivity index (χ1v) is 9.02. The van der Waals surface area contributed by atoms with Crippen LogP contribution in [-0.4, -0.2) is 29.1 Å². The molecular formula is C21H15N7O. The molecule has 1 N–H and O–H groups in total. The Morgan fingerprint density at radius 3 is 2.86 bits per heavy atom. The molecule has 8 heteroatoms. The van der Waals surface area contributed by atoms with Crippen LogP contribution >= 0.6 is 0 Å². The summed E-state index contributed by atoms with van der Waals surface area (Å²) in [4.78, 5) is 28.7. The van der Waals surface area contributed by atoms with E-state index in [-0.39, 0.29) is 5.69 Å². The monoisotopic (exact) mass is 381 g/mol. The third-order valence-corrected chi connectivity index (χ3v) is 4.98. The van der Waals surface area contributed by atoms with Crippen molar-refractivity contribution in [3.63, 3.8) is 0 Å². The minimum Gasteiger partial charge on any atom is -0.303 e. The van der Waals surface area contributed by atoms with E-state index in [1.54, 1.807) is 39.9 Å². The third kappa shape index (κ3) is 2.76. The Labute approximate surface area is 164 Å². The number of rotatable bonds is 3. The molecule has 5 rings (SSSR count). The Morgan fingerprint density at radius 1 is 1.17 bits per heavy atom. The van der Waals surface area contributed by atoms with Gasteiger partial charge in [0, 0.05) is 0 Å². The van der Waals surface area contributed by atoms with Crippen molar-refractivity contribution in [2.24, 2.45) is 0 Å². The molecular weight excluding hydrogens is 366 g/mol. The van der Waals surface area contributed by atoms with E-state index in [2.05, 4.69) is 26.0 Å². The number of nitriles is 1. The second-order valence-electron chi connectivity index (χ2n) is 6.78. The van der Waals surface area contributed by atoms with Crippen molar-refractivity contribution in [1.82, 2.24) is 29.1 Å². The summed E-state index contributed by atoms with van der Waals surface area (Å²) < 4.78 is 3.31. The highest BCUT2D eigenvalue weighted by Crippen LogP contribution is 2.19.